The summed E-state index contributed by atoms with van der Waals surface area (Å²) < 4.78 is 4.77. The number of rotatable bonds is 5. The average molecular weight is 381 g/mol. The van der Waals surface area contributed by atoms with Crippen LogP contribution in [0.25, 0.3) is 10.6 Å². The lowest BCUT2D eigenvalue weighted by Crippen LogP contribution is -2.30. The number of benzene rings is 1. The summed E-state index contributed by atoms with van der Waals surface area (Å²) in [7, 11) is 1.36. The van der Waals surface area contributed by atoms with E-state index < -0.39 is 0 Å². The molecule has 0 bridgehead atoms. The van der Waals surface area contributed by atoms with E-state index in [2.05, 4.69) is 10.2 Å². The van der Waals surface area contributed by atoms with Crippen LogP contribution in [0.1, 0.15) is 51.4 Å². The maximum absolute atomic E-state index is 12.9. The summed E-state index contributed by atoms with van der Waals surface area (Å²) in [5.41, 5.74) is 3.70. The Morgan fingerprint density at radius 2 is 2.07 bits per heavy atom. The quantitative estimate of drug-likeness (QED) is 0.681. The van der Waals surface area contributed by atoms with Crippen molar-refractivity contribution in [3.63, 3.8) is 0 Å². The molecule has 0 saturated carbocycles. The molecule has 2 aromatic heterocycles. The van der Waals surface area contributed by atoms with Gasteiger partial charge in [0.05, 0.1) is 29.3 Å². The Kier molecular flexibility index (Phi) is 4.53. The van der Waals surface area contributed by atoms with Crippen molar-refractivity contribution in [2.24, 2.45) is 0 Å². The molecular weight excluding hydrogens is 362 g/mol. The first-order valence-corrected chi connectivity index (χ1v) is 9.65. The maximum atomic E-state index is 12.9. The van der Waals surface area contributed by atoms with Gasteiger partial charge in [-0.15, -0.1) is 11.3 Å². The van der Waals surface area contributed by atoms with Crippen molar-refractivity contribution in [2.45, 2.75) is 19.4 Å². The van der Waals surface area contributed by atoms with Gasteiger partial charge in [0.1, 0.15) is 0 Å². The van der Waals surface area contributed by atoms with Crippen molar-refractivity contribution in [3.05, 3.63) is 64.2 Å². The molecule has 1 aliphatic heterocycles. The van der Waals surface area contributed by atoms with Gasteiger partial charge in [0.25, 0.3) is 5.91 Å². The molecule has 1 amide bonds. The molecule has 3 heterocycles. The lowest BCUT2D eigenvalue weighted by Gasteiger charge is -2.26. The molecule has 0 aliphatic carbocycles. The van der Waals surface area contributed by atoms with E-state index in [0.29, 0.717) is 17.8 Å². The van der Waals surface area contributed by atoms with Crippen LogP contribution in [0, 0.1) is 0 Å². The molecule has 1 atom stereocenters. The molecule has 6 nitrogen and oxygen atoms in total. The Balaban J connectivity index is 1.82. The number of aromatic amines is 1. The highest BCUT2D eigenvalue weighted by Crippen LogP contribution is 2.43. The average Bonchev–Trinajstić information content (AvgIpc) is 3.41. The number of nitrogens with one attached hydrogen (secondary N) is 1. The minimum atomic E-state index is -0.377. The number of nitrogens with zero attached hydrogens (tertiary/aromatic N) is 2. The van der Waals surface area contributed by atoms with E-state index in [1.807, 2.05) is 41.5 Å². The zero-order valence-corrected chi connectivity index (χ0v) is 15.9. The first-order valence-electron chi connectivity index (χ1n) is 8.77. The number of thiophene rings is 1. The molecule has 0 fully saturated rings. The second-order valence-corrected chi connectivity index (χ2v) is 7.30. The van der Waals surface area contributed by atoms with Gasteiger partial charge in [-0.05, 0) is 35.6 Å². The highest BCUT2D eigenvalue weighted by molar-refractivity contribution is 7.13. The van der Waals surface area contributed by atoms with Gasteiger partial charge in [-0.25, -0.2) is 4.79 Å². The number of hydrogen-bond donors (Lipinski definition) is 1. The molecule has 4 rings (SSSR count). The number of aromatic nitrogens is 2. The standard InChI is InChI=1S/C20H19N3O3S/c1-3-10-23-18(12-6-8-13(9-7-12)20(25)26-2)15-16(14-5-4-11-27-14)21-22-17(15)19(23)24/h4-9,11,18H,3,10H2,1-2H3,(H,21,22). The molecule has 1 aliphatic rings. The fourth-order valence-corrected chi connectivity index (χ4v) is 4.27. The van der Waals surface area contributed by atoms with Crippen molar-refractivity contribution in [2.75, 3.05) is 13.7 Å². The van der Waals surface area contributed by atoms with Crippen molar-refractivity contribution < 1.29 is 14.3 Å². The zero-order chi connectivity index (χ0) is 19.0. The summed E-state index contributed by atoms with van der Waals surface area (Å²) in [6.07, 6.45) is 0.852. The Bertz CT molecular complexity index is 977. The second-order valence-electron chi connectivity index (χ2n) is 6.35. The number of H-pyrrole nitrogens is 1. The lowest BCUT2D eigenvalue weighted by molar-refractivity contribution is 0.0600. The minimum absolute atomic E-state index is 0.0621. The molecule has 1 N–H and O–H groups in total. The number of hydrogen-bond acceptors (Lipinski definition) is 5. The molecule has 0 radical (unpaired) electrons. The summed E-state index contributed by atoms with van der Waals surface area (Å²) in [6, 6.07) is 11.0. The van der Waals surface area contributed by atoms with Crippen molar-refractivity contribution in [1.29, 1.82) is 0 Å². The number of ether oxygens (including phenoxy) is 1. The SMILES string of the molecule is CCCN1C(=O)c2n[nH]c(-c3cccs3)c2C1c1ccc(C(=O)OC)cc1. The van der Waals surface area contributed by atoms with Crippen LogP contribution < -0.4 is 0 Å². The maximum Gasteiger partial charge on any atom is 0.337 e. The molecule has 138 valence electrons. The molecule has 0 spiro atoms. The predicted octanol–water partition coefficient (Wildman–Crippen LogP) is 3.88. The number of fused-ring (bicyclic) bond motifs is 1. The van der Waals surface area contributed by atoms with Crippen molar-refractivity contribution in [3.8, 4) is 10.6 Å². The van der Waals surface area contributed by atoms with Gasteiger partial charge in [0.15, 0.2) is 5.69 Å². The first kappa shape index (κ1) is 17.5. The van der Waals surface area contributed by atoms with E-state index in [9.17, 15) is 9.59 Å². The summed E-state index contributed by atoms with van der Waals surface area (Å²) in [4.78, 5) is 27.6. The Labute approximate surface area is 160 Å². The van der Waals surface area contributed by atoms with Crippen LogP contribution in [0.15, 0.2) is 41.8 Å². The summed E-state index contributed by atoms with van der Waals surface area (Å²) >= 11 is 1.61. The van der Waals surface area contributed by atoms with E-state index >= 15 is 0 Å². The van der Waals surface area contributed by atoms with Crippen LogP contribution in [0.5, 0.6) is 0 Å². The van der Waals surface area contributed by atoms with Crippen molar-refractivity contribution in [1.82, 2.24) is 15.1 Å². The normalized spacial score (nSPS) is 15.9. The predicted molar refractivity (Wildman–Crippen MR) is 103 cm³/mol. The molecule has 1 aromatic carbocycles. The number of carbonyl (C=O) groups is 2. The Morgan fingerprint density at radius 1 is 1.30 bits per heavy atom. The molecule has 0 saturated heterocycles. The molecular formula is C20H19N3O3S. The van der Waals surface area contributed by atoms with Crippen molar-refractivity contribution >= 4 is 23.2 Å². The summed E-state index contributed by atoms with van der Waals surface area (Å²) in [5, 5.41) is 9.37. The van der Waals surface area contributed by atoms with E-state index in [-0.39, 0.29) is 17.9 Å². The molecule has 1 unspecified atom stereocenters. The third kappa shape index (κ3) is 2.84. The van der Waals surface area contributed by atoms with E-state index in [1.54, 1.807) is 23.5 Å². The summed E-state index contributed by atoms with van der Waals surface area (Å²) in [6.45, 7) is 2.69. The third-order valence-corrected chi connectivity index (χ3v) is 5.62. The highest BCUT2D eigenvalue weighted by Gasteiger charge is 2.42. The van der Waals surface area contributed by atoms with E-state index in [1.165, 1.54) is 7.11 Å². The monoisotopic (exact) mass is 381 g/mol. The highest BCUT2D eigenvalue weighted by atomic mass is 32.1. The minimum Gasteiger partial charge on any atom is -0.465 e. The lowest BCUT2D eigenvalue weighted by atomic mass is 9.97. The van der Waals surface area contributed by atoms with Crippen LogP contribution in [0.4, 0.5) is 0 Å². The zero-order valence-electron chi connectivity index (χ0n) is 15.1. The van der Waals surface area contributed by atoms with E-state index in [4.69, 9.17) is 4.74 Å². The number of methoxy groups -OCH3 is 1. The van der Waals surface area contributed by atoms with Crippen LogP contribution in [-0.4, -0.2) is 40.6 Å². The molecule has 3 aromatic rings. The third-order valence-electron chi connectivity index (χ3n) is 4.73. The van der Waals surface area contributed by atoms with Gasteiger partial charge in [-0.1, -0.05) is 25.1 Å². The summed E-state index contributed by atoms with van der Waals surface area (Å²) in [5.74, 6) is -0.439. The molecule has 27 heavy (non-hydrogen) atoms. The van der Waals surface area contributed by atoms with Gasteiger partial charge >= 0.3 is 5.97 Å². The molecule has 7 heteroatoms. The van der Waals surface area contributed by atoms with E-state index in [0.717, 1.165) is 28.1 Å². The largest absolute Gasteiger partial charge is 0.465 e. The number of carbonyl (C=O) groups excluding carboxylic acids is 2. The van der Waals surface area contributed by atoms with Gasteiger partial charge in [-0.2, -0.15) is 5.10 Å². The Morgan fingerprint density at radius 3 is 2.70 bits per heavy atom. The van der Waals surface area contributed by atoms with Gasteiger partial charge in [0.2, 0.25) is 0 Å². The van der Waals surface area contributed by atoms with Crippen LogP contribution >= 0.6 is 11.3 Å². The number of amides is 1. The van der Waals surface area contributed by atoms with Crippen LogP contribution in [0.2, 0.25) is 0 Å². The second kappa shape index (κ2) is 7.00. The van der Waals surface area contributed by atoms with Gasteiger partial charge < -0.3 is 9.64 Å². The topological polar surface area (TPSA) is 75.3 Å². The first-order chi connectivity index (χ1) is 13.2. The van der Waals surface area contributed by atoms with Gasteiger partial charge in [0, 0.05) is 12.1 Å². The van der Waals surface area contributed by atoms with Crippen LogP contribution in [-0.2, 0) is 4.74 Å². The van der Waals surface area contributed by atoms with Crippen LogP contribution in [0.3, 0.4) is 0 Å². The number of esters is 1. The fourth-order valence-electron chi connectivity index (χ4n) is 3.54. The van der Waals surface area contributed by atoms with Gasteiger partial charge in [-0.3, -0.25) is 9.89 Å². The fraction of sp³-hybridized carbons (Fsp3) is 0.250. The smallest absolute Gasteiger partial charge is 0.337 e. The Hall–Kier alpha value is -2.93.